The Bertz CT molecular complexity index is 1400. The molecule has 0 atom stereocenters. The van der Waals surface area contributed by atoms with Gasteiger partial charge in [0.25, 0.3) is 5.56 Å². The summed E-state index contributed by atoms with van der Waals surface area (Å²) in [5.41, 5.74) is 5.44. The van der Waals surface area contributed by atoms with Crippen LogP contribution in [-0.4, -0.2) is 25.3 Å². The summed E-state index contributed by atoms with van der Waals surface area (Å²) in [6, 6.07) is 15.7. The lowest BCUT2D eigenvalue weighted by Crippen LogP contribution is -2.22. The summed E-state index contributed by atoms with van der Waals surface area (Å²) in [4.78, 5) is 24.3. The minimum absolute atomic E-state index is 0.191. The Morgan fingerprint density at radius 1 is 1.03 bits per heavy atom. The lowest BCUT2D eigenvalue weighted by Gasteiger charge is -2.15. The van der Waals surface area contributed by atoms with Gasteiger partial charge in [0.1, 0.15) is 5.65 Å². The minimum atomic E-state index is -0.996. The van der Waals surface area contributed by atoms with E-state index in [2.05, 4.69) is 11.2 Å². The van der Waals surface area contributed by atoms with Crippen LogP contribution >= 0.6 is 0 Å². The molecule has 0 bridgehead atoms. The van der Waals surface area contributed by atoms with Crippen LogP contribution in [0.1, 0.15) is 27.2 Å². The molecule has 0 amide bonds. The van der Waals surface area contributed by atoms with Crippen LogP contribution in [0.25, 0.3) is 28.0 Å². The van der Waals surface area contributed by atoms with Gasteiger partial charge in [-0.3, -0.25) is 4.79 Å². The number of aromatic nitrogens is 3. The predicted octanol–water partition coefficient (Wildman–Crippen LogP) is 3.55. The first-order valence-electron chi connectivity index (χ1n) is 9.26. The fraction of sp³-hybridized carbons (Fsp3) is 0.130. The molecule has 7 heteroatoms. The number of aromatic carboxylic acids is 1. The summed E-state index contributed by atoms with van der Waals surface area (Å²) in [6.45, 7) is 3.58. The van der Waals surface area contributed by atoms with Crippen molar-refractivity contribution in [3.63, 3.8) is 0 Å². The number of fused-ring (bicyclic) bond motifs is 1. The van der Waals surface area contributed by atoms with Gasteiger partial charge >= 0.3 is 5.97 Å². The number of nitrogens with zero attached hydrogens (tertiary/aromatic N) is 4. The van der Waals surface area contributed by atoms with Gasteiger partial charge in [-0.1, -0.05) is 24.3 Å². The van der Waals surface area contributed by atoms with E-state index in [0.29, 0.717) is 22.5 Å². The highest BCUT2D eigenvalue weighted by Gasteiger charge is 2.21. The highest BCUT2D eigenvalue weighted by atomic mass is 16.4. The molecule has 0 radical (unpaired) electrons. The van der Waals surface area contributed by atoms with Crippen LogP contribution < -0.4 is 5.56 Å². The molecule has 0 aliphatic heterocycles. The van der Waals surface area contributed by atoms with Gasteiger partial charge in [0.05, 0.1) is 28.6 Å². The average molecular weight is 398 g/mol. The number of hydrogen-bond acceptors (Lipinski definition) is 4. The lowest BCUT2D eigenvalue weighted by molar-refractivity contribution is 0.0697. The van der Waals surface area contributed by atoms with Crippen LogP contribution in [0.4, 0.5) is 0 Å². The first-order chi connectivity index (χ1) is 14.3. The first-order valence-corrected chi connectivity index (χ1v) is 9.26. The topological polar surface area (TPSA) is 100 Å². The molecular formula is C23H18N4O3. The SMILES string of the molecule is Cc1nn2c(=O)c(C)c(-c3ccc(C#N)cc3)n(C)c2c1-c1ccc(C(=O)O)cc1. The second-order valence-corrected chi connectivity index (χ2v) is 7.11. The average Bonchev–Trinajstić information content (AvgIpc) is 3.10. The molecule has 2 aromatic heterocycles. The molecule has 1 N–H and O–H groups in total. The molecule has 148 valence electrons. The second kappa shape index (κ2) is 7.01. The van der Waals surface area contributed by atoms with Gasteiger partial charge in [0, 0.05) is 18.2 Å². The van der Waals surface area contributed by atoms with Crippen LogP contribution in [-0.2, 0) is 7.05 Å². The molecule has 0 unspecified atom stereocenters. The zero-order valence-electron chi connectivity index (χ0n) is 16.7. The standard InChI is InChI=1S/C23H18N4O3/c1-13-20(17-6-4-15(12-24)5-7-17)26(3)21-19(14(2)25-27(21)22(13)28)16-8-10-18(11-9-16)23(29)30/h4-11H,1-3H3,(H,29,30). The maximum absolute atomic E-state index is 13.1. The summed E-state index contributed by atoms with van der Waals surface area (Å²) in [6.07, 6.45) is 0. The van der Waals surface area contributed by atoms with Crippen molar-refractivity contribution in [2.24, 2.45) is 7.05 Å². The Kier molecular flexibility index (Phi) is 4.47. The fourth-order valence-corrected chi connectivity index (χ4v) is 3.81. The Hall–Kier alpha value is -4.18. The summed E-state index contributed by atoms with van der Waals surface area (Å²) in [5.74, 6) is -0.996. The number of benzene rings is 2. The van der Waals surface area contributed by atoms with E-state index in [9.17, 15) is 9.59 Å². The van der Waals surface area contributed by atoms with Crippen LogP contribution in [0.3, 0.4) is 0 Å². The fourth-order valence-electron chi connectivity index (χ4n) is 3.81. The summed E-state index contributed by atoms with van der Waals surface area (Å²) in [7, 11) is 1.87. The molecule has 4 rings (SSSR count). The van der Waals surface area contributed by atoms with Gasteiger partial charge in [-0.05, 0) is 49.2 Å². The molecule has 30 heavy (non-hydrogen) atoms. The van der Waals surface area contributed by atoms with E-state index in [1.54, 1.807) is 31.2 Å². The van der Waals surface area contributed by atoms with Crippen LogP contribution in [0.2, 0.25) is 0 Å². The van der Waals surface area contributed by atoms with E-state index >= 15 is 0 Å². The van der Waals surface area contributed by atoms with Crippen molar-refractivity contribution in [3.05, 3.63) is 81.3 Å². The number of hydrogen-bond donors (Lipinski definition) is 1. The molecule has 2 heterocycles. The van der Waals surface area contributed by atoms with Gasteiger partial charge < -0.3 is 9.67 Å². The molecule has 7 nitrogen and oxygen atoms in total. The zero-order valence-corrected chi connectivity index (χ0v) is 16.7. The normalized spacial score (nSPS) is 10.9. The van der Waals surface area contributed by atoms with Gasteiger partial charge in [-0.2, -0.15) is 14.9 Å². The van der Waals surface area contributed by atoms with E-state index in [-0.39, 0.29) is 11.1 Å². The van der Waals surface area contributed by atoms with Gasteiger partial charge in [0.15, 0.2) is 0 Å². The Morgan fingerprint density at radius 2 is 1.63 bits per heavy atom. The molecule has 0 saturated carbocycles. The van der Waals surface area contributed by atoms with E-state index in [1.807, 2.05) is 30.7 Å². The van der Waals surface area contributed by atoms with Crippen molar-refractivity contribution in [1.82, 2.24) is 14.2 Å². The Labute approximate surface area is 172 Å². The number of carboxylic acid groups (broad SMARTS) is 1. The molecule has 0 aliphatic rings. The summed E-state index contributed by atoms with van der Waals surface area (Å²) >= 11 is 0. The number of carbonyl (C=O) groups is 1. The van der Waals surface area contributed by atoms with Gasteiger partial charge in [-0.25, -0.2) is 4.79 Å². The van der Waals surface area contributed by atoms with Crippen LogP contribution in [0.5, 0.6) is 0 Å². The highest BCUT2D eigenvalue weighted by molar-refractivity contribution is 5.89. The van der Waals surface area contributed by atoms with E-state index < -0.39 is 5.97 Å². The Balaban J connectivity index is 2.03. The zero-order chi connectivity index (χ0) is 21.6. The third-order valence-corrected chi connectivity index (χ3v) is 5.27. The van der Waals surface area contributed by atoms with Crippen LogP contribution in [0.15, 0.2) is 53.3 Å². The molecule has 0 spiro atoms. The molecule has 0 fully saturated rings. The number of aryl methyl sites for hydroxylation is 2. The van der Waals surface area contributed by atoms with Crippen molar-refractivity contribution in [1.29, 1.82) is 5.26 Å². The molecule has 0 aliphatic carbocycles. The van der Waals surface area contributed by atoms with Crippen LogP contribution in [0, 0.1) is 25.2 Å². The van der Waals surface area contributed by atoms with Crippen molar-refractivity contribution in [2.75, 3.05) is 0 Å². The van der Waals surface area contributed by atoms with Crippen molar-refractivity contribution < 1.29 is 9.90 Å². The largest absolute Gasteiger partial charge is 0.478 e. The molecular weight excluding hydrogens is 380 g/mol. The monoisotopic (exact) mass is 398 g/mol. The minimum Gasteiger partial charge on any atom is -0.478 e. The smallest absolute Gasteiger partial charge is 0.335 e. The van der Waals surface area contributed by atoms with E-state index in [4.69, 9.17) is 10.4 Å². The van der Waals surface area contributed by atoms with Gasteiger partial charge in [0.2, 0.25) is 0 Å². The third-order valence-electron chi connectivity index (χ3n) is 5.27. The lowest BCUT2D eigenvalue weighted by atomic mass is 10.0. The maximum Gasteiger partial charge on any atom is 0.335 e. The summed E-state index contributed by atoms with van der Waals surface area (Å²) < 4.78 is 3.30. The summed E-state index contributed by atoms with van der Waals surface area (Å²) in [5, 5.41) is 22.7. The maximum atomic E-state index is 13.1. The van der Waals surface area contributed by atoms with Crippen molar-refractivity contribution in [3.8, 4) is 28.5 Å². The highest BCUT2D eigenvalue weighted by Crippen LogP contribution is 2.31. The Morgan fingerprint density at radius 3 is 2.20 bits per heavy atom. The second-order valence-electron chi connectivity index (χ2n) is 7.11. The van der Waals surface area contributed by atoms with Gasteiger partial charge in [-0.15, -0.1) is 0 Å². The van der Waals surface area contributed by atoms with E-state index in [0.717, 1.165) is 22.4 Å². The van der Waals surface area contributed by atoms with Crippen molar-refractivity contribution in [2.45, 2.75) is 13.8 Å². The predicted molar refractivity (Wildman–Crippen MR) is 112 cm³/mol. The molecule has 2 aromatic carbocycles. The third kappa shape index (κ3) is 2.86. The number of rotatable bonds is 3. The quantitative estimate of drug-likeness (QED) is 0.569. The van der Waals surface area contributed by atoms with E-state index in [1.165, 1.54) is 16.6 Å². The molecule has 0 saturated heterocycles. The number of carboxylic acids is 1. The number of nitriles is 1. The van der Waals surface area contributed by atoms with Crippen molar-refractivity contribution >= 4 is 11.6 Å². The first kappa shape index (κ1) is 19.2. The molecule has 4 aromatic rings.